The Labute approximate surface area is 74.8 Å². The highest BCUT2D eigenvalue weighted by atomic mass is 32.1. The molecule has 0 radical (unpaired) electrons. The maximum absolute atomic E-state index is 5.16. The van der Waals surface area contributed by atoms with E-state index in [1.165, 1.54) is 5.56 Å². The molecule has 0 fully saturated rings. The summed E-state index contributed by atoms with van der Waals surface area (Å²) in [5.74, 6) is 0. The fourth-order valence-corrected chi connectivity index (χ4v) is 1.32. The molecule has 0 spiro atoms. The van der Waals surface area contributed by atoms with Crippen molar-refractivity contribution in [2.45, 2.75) is 13.3 Å². The van der Waals surface area contributed by atoms with Crippen molar-refractivity contribution in [1.29, 1.82) is 0 Å². The third kappa shape index (κ3) is 1.16. The second-order valence-electron chi connectivity index (χ2n) is 2.59. The summed E-state index contributed by atoms with van der Waals surface area (Å²) < 4.78 is 10.3. The molecular formula is C9H8O2S. The Bertz CT molecular complexity index is 453. The van der Waals surface area contributed by atoms with Crippen molar-refractivity contribution in [2.24, 2.45) is 0 Å². The lowest BCUT2D eigenvalue weighted by molar-refractivity contribution is 0.444. The second-order valence-corrected chi connectivity index (χ2v) is 2.92. The number of fused-ring (bicyclic) bond motifs is 1. The molecule has 0 unspecified atom stereocenters. The molecule has 1 aromatic heterocycles. The van der Waals surface area contributed by atoms with E-state index < -0.39 is 0 Å². The molecule has 0 saturated heterocycles. The molecule has 2 nitrogen and oxygen atoms in total. The highest BCUT2D eigenvalue weighted by molar-refractivity contribution is 7.71. The maximum Gasteiger partial charge on any atom is 0.363 e. The van der Waals surface area contributed by atoms with Gasteiger partial charge in [0.05, 0.1) is 0 Å². The first-order chi connectivity index (χ1) is 5.79. The van der Waals surface area contributed by atoms with Crippen LogP contribution in [0.3, 0.4) is 0 Å². The van der Waals surface area contributed by atoms with Gasteiger partial charge in [-0.3, -0.25) is 0 Å². The topological polar surface area (TPSA) is 26.3 Å². The van der Waals surface area contributed by atoms with Crippen LogP contribution >= 0.6 is 12.2 Å². The SMILES string of the molecule is CCc1ccc2oc(=S)oc2c1. The van der Waals surface area contributed by atoms with Gasteiger partial charge in [0.2, 0.25) is 0 Å². The van der Waals surface area contributed by atoms with Crippen LogP contribution in [0.25, 0.3) is 11.2 Å². The van der Waals surface area contributed by atoms with Gasteiger partial charge in [0.25, 0.3) is 0 Å². The van der Waals surface area contributed by atoms with Crippen molar-refractivity contribution in [3.63, 3.8) is 0 Å². The van der Waals surface area contributed by atoms with Crippen LogP contribution in [0.4, 0.5) is 0 Å². The lowest BCUT2D eigenvalue weighted by atomic mass is 10.2. The van der Waals surface area contributed by atoms with Crippen LogP contribution in [-0.4, -0.2) is 0 Å². The zero-order chi connectivity index (χ0) is 8.55. The van der Waals surface area contributed by atoms with E-state index >= 15 is 0 Å². The van der Waals surface area contributed by atoms with E-state index in [0.717, 1.165) is 17.6 Å². The lowest BCUT2D eigenvalue weighted by Crippen LogP contribution is -1.76. The largest absolute Gasteiger partial charge is 0.413 e. The molecule has 0 amide bonds. The van der Waals surface area contributed by atoms with Gasteiger partial charge < -0.3 is 8.83 Å². The quantitative estimate of drug-likeness (QED) is 0.630. The Morgan fingerprint density at radius 3 is 2.75 bits per heavy atom. The Morgan fingerprint density at radius 2 is 2.00 bits per heavy atom. The highest BCUT2D eigenvalue weighted by Gasteiger charge is 2.00. The van der Waals surface area contributed by atoms with Gasteiger partial charge in [-0.25, -0.2) is 0 Å². The van der Waals surface area contributed by atoms with Crippen molar-refractivity contribution in [3.05, 3.63) is 28.7 Å². The number of aryl methyl sites for hydroxylation is 1. The molecule has 0 atom stereocenters. The van der Waals surface area contributed by atoms with Crippen molar-refractivity contribution >= 4 is 23.4 Å². The van der Waals surface area contributed by atoms with Gasteiger partial charge in [-0.05, 0) is 24.1 Å². The molecule has 2 rings (SSSR count). The molecule has 0 aliphatic rings. The summed E-state index contributed by atoms with van der Waals surface area (Å²) in [5, 5.41) is 0. The predicted molar refractivity (Wildman–Crippen MR) is 48.7 cm³/mol. The molecule has 3 heteroatoms. The molecule has 1 heterocycles. The summed E-state index contributed by atoms with van der Waals surface area (Å²) in [4.78, 5) is 0.193. The highest BCUT2D eigenvalue weighted by Crippen LogP contribution is 2.18. The van der Waals surface area contributed by atoms with Crippen LogP contribution in [0.1, 0.15) is 12.5 Å². The van der Waals surface area contributed by atoms with Crippen molar-refractivity contribution in [1.82, 2.24) is 0 Å². The van der Waals surface area contributed by atoms with E-state index in [2.05, 4.69) is 6.92 Å². The maximum atomic E-state index is 5.16. The van der Waals surface area contributed by atoms with Crippen LogP contribution in [0.2, 0.25) is 0 Å². The summed E-state index contributed by atoms with van der Waals surface area (Å²) >= 11 is 4.76. The summed E-state index contributed by atoms with van der Waals surface area (Å²) in [6.45, 7) is 2.09. The van der Waals surface area contributed by atoms with Crippen LogP contribution in [0.5, 0.6) is 0 Å². The molecule has 2 aromatic rings. The molecule has 12 heavy (non-hydrogen) atoms. The van der Waals surface area contributed by atoms with Gasteiger partial charge >= 0.3 is 4.90 Å². The first-order valence-electron chi connectivity index (χ1n) is 3.82. The van der Waals surface area contributed by atoms with E-state index in [-0.39, 0.29) is 4.90 Å². The van der Waals surface area contributed by atoms with E-state index in [0.29, 0.717) is 0 Å². The normalized spacial score (nSPS) is 10.8. The van der Waals surface area contributed by atoms with Gasteiger partial charge in [-0.1, -0.05) is 13.0 Å². The molecule has 0 aliphatic carbocycles. The minimum atomic E-state index is 0.193. The molecule has 0 N–H and O–H groups in total. The first kappa shape index (κ1) is 7.55. The number of rotatable bonds is 1. The Morgan fingerprint density at radius 1 is 1.25 bits per heavy atom. The van der Waals surface area contributed by atoms with E-state index in [9.17, 15) is 0 Å². The smallest absolute Gasteiger partial charge is 0.363 e. The van der Waals surface area contributed by atoms with Crippen LogP contribution in [0, 0.1) is 4.90 Å². The zero-order valence-electron chi connectivity index (χ0n) is 6.66. The Balaban J connectivity index is 2.74. The molecule has 62 valence electrons. The third-order valence-electron chi connectivity index (χ3n) is 1.80. The second kappa shape index (κ2) is 2.75. The molecule has 1 aromatic carbocycles. The number of hydrogen-bond donors (Lipinski definition) is 0. The van der Waals surface area contributed by atoms with Gasteiger partial charge in [0.1, 0.15) is 0 Å². The zero-order valence-corrected chi connectivity index (χ0v) is 7.48. The molecule has 0 bridgehead atoms. The minimum absolute atomic E-state index is 0.193. The van der Waals surface area contributed by atoms with Crippen molar-refractivity contribution in [2.75, 3.05) is 0 Å². The molecular weight excluding hydrogens is 172 g/mol. The van der Waals surface area contributed by atoms with Crippen LogP contribution < -0.4 is 0 Å². The first-order valence-corrected chi connectivity index (χ1v) is 4.23. The number of hydrogen-bond acceptors (Lipinski definition) is 3. The fraction of sp³-hybridized carbons (Fsp3) is 0.222. The standard InChI is InChI=1S/C9H8O2S/c1-2-6-3-4-7-8(5-6)11-9(12)10-7/h3-5H,2H2,1H3. The van der Waals surface area contributed by atoms with Crippen molar-refractivity contribution < 1.29 is 8.83 Å². The molecule has 0 aliphatic heterocycles. The van der Waals surface area contributed by atoms with Gasteiger partial charge in [0.15, 0.2) is 11.2 Å². The van der Waals surface area contributed by atoms with Gasteiger partial charge in [-0.2, -0.15) is 0 Å². The Kier molecular flexibility index (Phi) is 1.73. The average Bonchev–Trinajstić information content (AvgIpc) is 2.43. The third-order valence-corrected chi connectivity index (χ3v) is 1.97. The average molecular weight is 180 g/mol. The summed E-state index contributed by atoms with van der Waals surface area (Å²) in [6.07, 6.45) is 0.989. The van der Waals surface area contributed by atoms with E-state index in [1.807, 2.05) is 18.2 Å². The van der Waals surface area contributed by atoms with Crippen molar-refractivity contribution in [3.8, 4) is 0 Å². The fourth-order valence-electron chi connectivity index (χ4n) is 1.14. The summed E-state index contributed by atoms with van der Waals surface area (Å²) in [7, 11) is 0. The number of benzene rings is 1. The Hall–Kier alpha value is -1.09. The lowest BCUT2D eigenvalue weighted by Gasteiger charge is -1.91. The van der Waals surface area contributed by atoms with Crippen LogP contribution in [0.15, 0.2) is 27.0 Å². The monoisotopic (exact) mass is 180 g/mol. The summed E-state index contributed by atoms with van der Waals surface area (Å²) in [5.41, 5.74) is 2.68. The van der Waals surface area contributed by atoms with Crippen LogP contribution in [-0.2, 0) is 6.42 Å². The van der Waals surface area contributed by atoms with E-state index in [1.54, 1.807) is 0 Å². The minimum Gasteiger partial charge on any atom is -0.413 e. The molecule has 0 saturated carbocycles. The summed E-state index contributed by atoms with van der Waals surface area (Å²) in [6, 6.07) is 5.85. The predicted octanol–water partition coefficient (Wildman–Crippen LogP) is 3.32. The van der Waals surface area contributed by atoms with Gasteiger partial charge in [-0.15, -0.1) is 0 Å². The van der Waals surface area contributed by atoms with E-state index in [4.69, 9.17) is 21.1 Å². The van der Waals surface area contributed by atoms with Gasteiger partial charge in [0, 0.05) is 12.2 Å².